The normalized spacial score (nSPS) is 14.7. The second kappa shape index (κ2) is 7.17. The zero-order valence-electron chi connectivity index (χ0n) is 13.2. The van der Waals surface area contributed by atoms with E-state index in [1.165, 1.54) is 42.7 Å². The summed E-state index contributed by atoms with van der Waals surface area (Å²) in [6.07, 6.45) is 6.93. The Balaban J connectivity index is 1.64. The highest BCUT2D eigenvalue weighted by Gasteiger charge is 2.11. The van der Waals surface area contributed by atoms with Crippen molar-refractivity contribution in [3.8, 4) is 5.75 Å². The quantitative estimate of drug-likeness (QED) is 0.730. The summed E-state index contributed by atoms with van der Waals surface area (Å²) in [5.74, 6) is 0.926. The zero-order chi connectivity index (χ0) is 15.2. The summed E-state index contributed by atoms with van der Waals surface area (Å²) in [5.41, 5.74) is 3.76. The smallest absolute Gasteiger partial charge is 0.119 e. The number of anilines is 1. The molecule has 3 rings (SSSR count). The van der Waals surface area contributed by atoms with Crippen LogP contribution in [0, 0.1) is 0 Å². The molecule has 0 amide bonds. The lowest BCUT2D eigenvalue weighted by Gasteiger charge is -2.17. The van der Waals surface area contributed by atoms with Gasteiger partial charge in [-0.25, -0.2) is 0 Å². The van der Waals surface area contributed by atoms with Crippen molar-refractivity contribution in [2.45, 2.75) is 19.8 Å². The van der Waals surface area contributed by atoms with E-state index >= 15 is 0 Å². The molecule has 2 aromatic rings. The highest BCUT2D eigenvalue weighted by molar-refractivity contribution is 5.70. The fraction of sp³-hybridized carbons (Fsp3) is 0.300. The summed E-state index contributed by atoms with van der Waals surface area (Å²) in [6, 6.07) is 17.0. The molecule has 0 saturated carbocycles. The number of hydrogen-bond acceptors (Lipinski definition) is 2. The number of nitrogens with zero attached hydrogens (tertiary/aromatic N) is 1. The zero-order valence-corrected chi connectivity index (χ0v) is 13.2. The maximum Gasteiger partial charge on any atom is 0.119 e. The third kappa shape index (κ3) is 3.70. The van der Waals surface area contributed by atoms with E-state index in [0.29, 0.717) is 6.61 Å². The monoisotopic (exact) mass is 293 g/mol. The van der Waals surface area contributed by atoms with Gasteiger partial charge in [-0.1, -0.05) is 36.4 Å². The van der Waals surface area contributed by atoms with E-state index in [-0.39, 0.29) is 0 Å². The molecule has 0 spiro atoms. The molecule has 2 heteroatoms. The van der Waals surface area contributed by atoms with Crippen molar-refractivity contribution in [1.82, 2.24) is 0 Å². The van der Waals surface area contributed by atoms with Crippen LogP contribution in [0.1, 0.15) is 30.9 Å². The van der Waals surface area contributed by atoms with Crippen molar-refractivity contribution in [3.05, 3.63) is 59.7 Å². The largest absolute Gasteiger partial charge is 0.494 e. The molecule has 2 aromatic carbocycles. The van der Waals surface area contributed by atoms with E-state index in [0.717, 1.165) is 5.75 Å². The van der Waals surface area contributed by atoms with Crippen molar-refractivity contribution in [2.75, 3.05) is 24.6 Å². The summed E-state index contributed by atoms with van der Waals surface area (Å²) in [4.78, 5) is 2.46. The molecule has 0 unspecified atom stereocenters. The summed E-state index contributed by atoms with van der Waals surface area (Å²) in [5, 5.41) is 0. The fourth-order valence-electron chi connectivity index (χ4n) is 2.81. The van der Waals surface area contributed by atoms with Gasteiger partial charge in [0, 0.05) is 18.8 Å². The molecule has 1 aliphatic rings. The Hall–Kier alpha value is -2.22. The Morgan fingerprint density at radius 2 is 1.41 bits per heavy atom. The minimum absolute atomic E-state index is 0.707. The van der Waals surface area contributed by atoms with Crippen LogP contribution in [0.2, 0.25) is 0 Å². The molecule has 1 heterocycles. The molecule has 1 saturated heterocycles. The van der Waals surface area contributed by atoms with Crippen LogP contribution in [-0.2, 0) is 0 Å². The molecular formula is C20H23NO. The lowest BCUT2D eigenvalue weighted by molar-refractivity contribution is 0.340. The molecule has 0 aromatic heterocycles. The predicted molar refractivity (Wildman–Crippen MR) is 94.4 cm³/mol. The van der Waals surface area contributed by atoms with Crippen molar-refractivity contribution >= 4 is 17.8 Å². The Labute approximate surface area is 133 Å². The molecule has 0 aliphatic carbocycles. The molecule has 22 heavy (non-hydrogen) atoms. The lowest BCUT2D eigenvalue weighted by Crippen LogP contribution is -2.17. The Morgan fingerprint density at radius 3 is 1.95 bits per heavy atom. The number of benzene rings is 2. The molecule has 1 fully saturated rings. The minimum atomic E-state index is 0.707. The van der Waals surface area contributed by atoms with Gasteiger partial charge in [-0.2, -0.15) is 0 Å². The van der Waals surface area contributed by atoms with Gasteiger partial charge < -0.3 is 9.64 Å². The van der Waals surface area contributed by atoms with Crippen molar-refractivity contribution < 1.29 is 4.74 Å². The summed E-state index contributed by atoms with van der Waals surface area (Å²) < 4.78 is 5.46. The van der Waals surface area contributed by atoms with Crippen LogP contribution >= 0.6 is 0 Å². The summed E-state index contributed by atoms with van der Waals surface area (Å²) in [7, 11) is 0. The minimum Gasteiger partial charge on any atom is -0.494 e. The number of hydrogen-bond donors (Lipinski definition) is 0. The standard InChI is InChI=1S/C20H23NO/c1-2-22-20-13-9-18(10-14-20)6-5-17-7-11-19(12-8-17)21-15-3-4-16-21/h5-14H,2-4,15-16H2,1H3. The average molecular weight is 293 g/mol. The Morgan fingerprint density at radius 1 is 0.864 bits per heavy atom. The molecular weight excluding hydrogens is 270 g/mol. The van der Waals surface area contributed by atoms with Gasteiger partial charge in [-0.15, -0.1) is 0 Å². The number of ether oxygens (including phenoxy) is 1. The summed E-state index contributed by atoms with van der Waals surface area (Å²) in [6.45, 7) is 5.10. The molecule has 2 nitrogen and oxygen atoms in total. The van der Waals surface area contributed by atoms with Crippen LogP contribution in [0.4, 0.5) is 5.69 Å². The van der Waals surface area contributed by atoms with Crippen molar-refractivity contribution in [3.63, 3.8) is 0 Å². The maximum absolute atomic E-state index is 5.46. The predicted octanol–water partition coefficient (Wildman–Crippen LogP) is 4.86. The second-order valence-corrected chi connectivity index (χ2v) is 5.62. The van der Waals surface area contributed by atoms with Gasteiger partial charge in [0.05, 0.1) is 6.61 Å². The molecule has 0 N–H and O–H groups in total. The third-order valence-corrected chi connectivity index (χ3v) is 4.02. The number of rotatable bonds is 5. The molecule has 0 bridgehead atoms. The van der Waals surface area contributed by atoms with Crippen LogP contribution in [0.5, 0.6) is 5.75 Å². The van der Waals surface area contributed by atoms with Crippen LogP contribution in [0.15, 0.2) is 48.5 Å². The first-order valence-electron chi connectivity index (χ1n) is 8.11. The Bertz CT molecular complexity index is 607. The van der Waals surface area contributed by atoms with Crippen LogP contribution in [0.3, 0.4) is 0 Å². The first-order chi connectivity index (χ1) is 10.8. The van der Waals surface area contributed by atoms with E-state index in [1.807, 2.05) is 19.1 Å². The van der Waals surface area contributed by atoms with Gasteiger partial charge in [0.25, 0.3) is 0 Å². The van der Waals surface area contributed by atoms with Crippen molar-refractivity contribution in [1.29, 1.82) is 0 Å². The second-order valence-electron chi connectivity index (χ2n) is 5.62. The SMILES string of the molecule is CCOc1ccc(C=Cc2ccc(N3CCCC3)cc2)cc1. The van der Waals surface area contributed by atoms with Crippen molar-refractivity contribution in [2.24, 2.45) is 0 Å². The molecule has 0 radical (unpaired) electrons. The van der Waals surface area contributed by atoms with Crippen LogP contribution in [0.25, 0.3) is 12.2 Å². The lowest BCUT2D eigenvalue weighted by atomic mass is 10.1. The highest BCUT2D eigenvalue weighted by Crippen LogP contribution is 2.21. The van der Waals surface area contributed by atoms with Gasteiger partial charge in [-0.05, 0) is 55.2 Å². The molecule has 114 valence electrons. The van der Waals surface area contributed by atoms with Crippen LogP contribution in [-0.4, -0.2) is 19.7 Å². The molecule has 1 aliphatic heterocycles. The van der Waals surface area contributed by atoms with Crippen LogP contribution < -0.4 is 9.64 Å². The first kappa shape index (κ1) is 14.7. The maximum atomic E-state index is 5.46. The average Bonchev–Trinajstić information content (AvgIpc) is 3.09. The van der Waals surface area contributed by atoms with E-state index in [1.54, 1.807) is 0 Å². The highest BCUT2D eigenvalue weighted by atomic mass is 16.5. The Kier molecular flexibility index (Phi) is 4.79. The third-order valence-electron chi connectivity index (χ3n) is 4.02. The van der Waals surface area contributed by atoms with E-state index in [4.69, 9.17) is 4.74 Å². The van der Waals surface area contributed by atoms with Gasteiger partial charge in [-0.3, -0.25) is 0 Å². The van der Waals surface area contributed by atoms with E-state index < -0.39 is 0 Å². The van der Waals surface area contributed by atoms with E-state index in [9.17, 15) is 0 Å². The topological polar surface area (TPSA) is 12.5 Å². The van der Waals surface area contributed by atoms with Gasteiger partial charge in [0.1, 0.15) is 5.75 Å². The van der Waals surface area contributed by atoms with E-state index in [2.05, 4.69) is 53.5 Å². The summed E-state index contributed by atoms with van der Waals surface area (Å²) >= 11 is 0. The first-order valence-corrected chi connectivity index (χ1v) is 8.11. The van der Waals surface area contributed by atoms with Gasteiger partial charge in [0.15, 0.2) is 0 Å². The van der Waals surface area contributed by atoms with Gasteiger partial charge in [0.2, 0.25) is 0 Å². The van der Waals surface area contributed by atoms with Gasteiger partial charge >= 0.3 is 0 Å². The molecule has 0 atom stereocenters. The fourth-order valence-corrected chi connectivity index (χ4v) is 2.81.